The number of rotatable bonds is 6. The standard InChI is InChI=1S/C22H18BrClFN5OS/c1-12-16(10-17-18(24)4-3-5-19(17)25)13(2)30-21(26-12)28-22(29-30)32-11-20(31)27-15-8-6-14(23)7-9-15/h3-9H,10-11H2,1-2H3,(H,27,31). The zero-order chi connectivity index (χ0) is 22.8. The number of thioether (sulfide) groups is 1. The Morgan fingerprint density at radius 1 is 1.16 bits per heavy atom. The van der Waals surface area contributed by atoms with Gasteiger partial charge in [-0.15, -0.1) is 5.10 Å². The summed E-state index contributed by atoms with van der Waals surface area (Å²) in [5.74, 6) is 0.0667. The van der Waals surface area contributed by atoms with E-state index in [1.165, 1.54) is 17.8 Å². The summed E-state index contributed by atoms with van der Waals surface area (Å²) in [7, 11) is 0. The summed E-state index contributed by atoms with van der Waals surface area (Å²) in [6, 6.07) is 12.0. The molecule has 1 N–H and O–H groups in total. The molecule has 0 saturated heterocycles. The number of nitrogens with zero attached hydrogens (tertiary/aromatic N) is 4. The van der Waals surface area contributed by atoms with E-state index in [2.05, 4.69) is 36.3 Å². The lowest BCUT2D eigenvalue weighted by molar-refractivity contribution is -0.113. The molecule has 32 heavy (non-hydrogen) atoms. The number of fused-ring (bicyclic) bond motifs is 1. The Morgan fingerprint density at radius 2 is 1.91 bits per heavy atom. The molecule has 0 unspecified atom stereocenters. The van der Waals surface area contributed by atoms with Crippen LogP contribution in [0.4, 0.5) is 10.1 Å². The first-order chi connectivity index (χ1) is 15.3. The van der Waals surface area contributed by atoms with Gasteiger partial charge in [0.15, 0.2) is 0 Å². The van der Waals surface area contributed by atoms with Crippen molar-refractivity contribution in [1.82, 2.24) is 19.6 Å². The van der Waals surface area contributed by atoms with Crippen LogP contribution in [0.15, 0.2) is 52.1 Å². The van der Waals surface area contributed by atoms with E-state index in [0.717, 1.165) is 21.4 Å². The van der Waals surface area contributed by atoms with Crippen LogP contribution in [-0.2, 0) is 11.2 Å². The molecule has 0 saturated carbocycles. The van der Waals surface area contributed by atoms with Crippen LogP contribution in [-0.4, -0.2) is 31.2 Å². The van der Waals surface area contributed by atoms with Crippen molar-refractivity contribution < 1.29 is 9.18 Å². The number of amides is 1. The highest BCUT2D eigenvalue weighted by atomic mass is 79.9. The van der Waals surface area contributed by atoms with E-state index in [0.29, 0.717) is 33.6 Å². The van der Waals surface area contributed by atoms with E-state index in [1.807, 2.05) is 38.1 Å². The lowest BCUT2D eigenvalue weighted by atomic mass is 10.0. The minimum Gasteiger partial charge on any atom is -0.325 e. The van der Waals surface area contributed by atoms with E-state index < -0.39 is 0 Å². The van der Waals surface area contributed by atoms with Crippen LogP contribution < -0.4 is 5.32 Å². The maximum absolute atomic E-state index is 14.3. The molecule has 0 aliphatic heterocycles. The van der Waals surface area contributed by atoms with Crippen molar-refractivity contribution >= 4 is 56.7 Å². The van der Waals surface area contributed by atoms with E-state index in [-0.39, 0.29) is 17.5 Å². The maximum atomic E-state index is 14.3. The van der Waals surface area contributed by atoms with Crippen LogP contribution in [0.3, 0.4) is 0 Å². The van der Waals surface area contributed by atoms with Gasteiger partial charge in [0.2, 0.25) is 11.1 Å². The monoisotopic (exact) mass is 533 g/mol. The molecule has 2 aromatic heterocycles. The second-order valence-electron chi connectivity index (χ2n) is 7.09. The third-order valence-electron chi connectivity index (χ3n) is 4.91. The molecule has 0 aliphatic carbocycles. The third kappa shape index (κ3) is 4.95. The normalized spacial score (nSPS) is 11.2. The van der Waals surface area contributed by atoms with E-state index in [4.69, 9.17) is 11.6 Å². The van der Waals surface area contributed by atoms with Crippen LogP contribution in [0.1, 0.15) is 22.5 Å². The van der Waals surface area contributed by atoms with E-state index in [9.17, 15) is 9.18 Å². The number of hydrogen-bond acceptors (Lipinski definition) is 5. The zero-order valence-corrected chi connectivity index (χ0v) is 20.4. The van der Waals surface area contributed by atoms with Gasteiger partial charge in [0.25, 0.3) is 5.78 Å². The Morgan fingerprint density at radius 3 is 2.62 bits per heavy atom. The first-order valence-electron chi connectivity index (χ1n) is 9.66. The summed E-state index contributed by atoms with van der Waals surface area (Å²) in [4.78, 5) is 21.2. The van der Waals surface area contributed by atoms with Crippen molar-refractivity contribution in [3.05, 3.63) is 80.3 Å². The smallest absolute Gasteiger partial charge is 0.253 e. The molecule has 2 aromatic carbocycles. The largest absolute Gasteiger partial charge is 0.325 e. The van der Waals surface area contributed by atoms with E-state index >= 15 is 0 Å². The Hall–Kier alpha value is -2.49. The van der Waals surface area contributed by atoms with Crippen LogP contribution in [0.25, 0.3) is 5.78 Å². The zero-order valence-electron chi connectivity index (χ0n) is 17.2. The molecule has 0 fully saturated rings. The average Bonchev–Trinajstić information content (AvgIpc) is 3.16. The Bertz CT molecular complexity index is 1290. The predicted octanol–water partition coefficient (Wildman–Crippen LogP) is 5.62. The van der Waals surface area contributed by atoms with Crippen molar-refractivity contribution in [2.24, 2.45) is 0 Å². The molecular weight excluding hydrogens is 517 g/mol. The summed E-state index contributed by atoms with van der Waals surface area (Å²) in [5, 5.41) is 8.13. The minimum absolute atomic E-state index is 0.155. The molecule has 0 atom stereocenters. The van der Waals surface area contributed by atoms with Crippen molar-refractivity contribution in [1.29, 1.82) is 0 Å². The Labute approximate surface area is 201 Å². The number of aromatic nitrogens is 4. The Balaban J connectivity index is 1.52. The summed E-state index contributed by atoms with van der Waals surface area (Å²) >= 11 is 10.8. The van der Waals surface area contributed by atoms with E-state index in [1.54, 1.807) is 16.6 Å². The van der Waals surface area contributed by atoms with Gasteiger partial charge in [-0.3, -0.25) is 4.79 Å². The summed E-state index contributed by atoms with van der Waals surface area (Å²) < 4.78 is 16.8. The van der Waals surface area contributed by atoms with Crippen LogP contribution in [0, 0.1) is 19.7 Å². The molecule has 4 aromatic rings. The number of anilines is 1. The fraction of sp³-hybridized carbons (Fsp3) is 0.182. The molecule has 2 heterocycles. The highest BCUT2D eigenvalue weighted by Gasteiger charge is 2.17. The molecule has 0 bridgehead atoms. The SMILES string of the molecule is Cc1nc2nc(SCC(=O)Nc3ccc(Br)cc3)nn2c(C)c1Cc1c(F)cccc1Cl. The number of nitrogens with one attached hydrogen (secondary N) is 1. The average molecular weight is 535 g/mol. The molecule has 0 aliphatic rings. The second kappa shape index (κ2) is 9.56. The van der Waals surface area contributed by atoms with Gasteiger partial charge in [-0.05, 0) is 55.8 Å². The van der Waals surface area contributed by atoms with Gasteiger partial charge in [0.1, 0.15) is 5.82 Å². The summed E-state index contributed by atoms with van der Waals surface area (Å²) in [6.07, 6.45) is 0.296. The number of carbonyl (C=O) groups excluding carboxylic acids is 1. The van der Waals surface area contributed by atoms with Gasteiger partial charge < -0.3 is 5.32 Å². The molecule has 4 rings (SSSR count). The van der Waals surface area contributed by atoms with Gasteiger partial charge in [-0.1, -0.05) is 45.4 Å². The quantitative estimate of drug-likeness (QED) is 0.325. The van der Waals surface area contributed by atoms with Crippen molar-refractivity contribution in [3.8, 4) is 0 Å². The van der Waals surface area contributed by atoms with Gasteiger partial charge in [-0.2, -0.15) is 4.98 Å². The molecule has 0 spiro atoms. The maximum Gasteiger partial charge on any atom is 0.253 e. The van der Waals surface area contributed by atoms with Gasteiger partial charge in [-0.25, -0.2) is 13.9 Å². The summed E-state index contributed by atoms with van der Waals surface area (Å²) in [6.45, 7) is 3.74. The fourth-order valence-electron chi connectivity index (χ4n) is 3.25. The van der Waals surface area contributed by atoms with Gasteiger partial charge in [0, 0.05) is 38.6 Å². The lowest BCUT2D eigenvalue weighted by Gasteiger charge is -2.12. The molecule has 1 amide bonds. The van der Waals surface area contributed by atoms with Crippen molar-refractivity contribution in [2.75, 3.05) is 11.1 Å². The first kappa shape index (κ1) is 22.7. The predicted molar refractivity (Wildman–Crippen MR) is 128 cm³/mol. The molecule has 0 radical (unpaired) electrons. The number of benzene rings is 2. The minimum atomic E-state index is -0.358. The number of hydrogen-bond donors (Lipinski definition) is 1. The molecule has 164 valence electrons. The fourth-order valence-corrected chi connectivity index (χ4v) is 4.36. The van der Waals surface area contributed by atoms with Crippen molar-refractivity contribution in [3.63, 3.8) is 0 Å². The molecule has 6 nitrogen and oxygen atoms in total. The van der Waals surface area contributed by atoms with Crippen molar-refractivity contribution in [2.45, 2.75) is 25.4 Å². The number of halogens is 3. The second-order valence-corrected chi connectivity index (χ2v) is 9.35. The van der Waals surface area contributed by atoms with Crippen LogP contribution >= 0.6 is 39.3 Å². The highest BCUT2D eigenvalue weighted by molar-refractivity contribution is 9.10. The van der Waals surface area contributed by atoms with Crippen LogP contribution in [0.5, 0.6) is 0 Å². The van der Waals surface area contributed by atoms with Crippen LogP contribution in [0.2, 0.25) is 5.02 Å². The topological polar surface area (TPSA) is 72.2 Å². The number of aryl methyl sites for hydroxylation is 2. The molecule has 10 heteroatoms. The Kier molecular flexibility index (Phi) is 6.78. The third-order valence-corrected chi connectivity index (χ3v) is 6.63. The van der Waals surface area contributed by atoms with Gasteiger partial charge in [0.05, 0.1) is 5.75 Å². The lowest BCUT2D eigenvalue weighted by Crippen LogP contribution is -2.14. The summed E-state index contributed by atoms with van der Waals surface area (Å²) in [5.41, 5.74) is 3.49. The molecular formula is C22H18BrClFN5OS. The number of carbonyl (C=O) groups is 1. The first-order valence-corrected chi connectivity index (χ1v) is 11.8. The highest BCUT2D eigenvalue weighted by Crippen LogP contribution is 2.26. The van der Waals surface area contributed by atoms with Gasteiger partial charge >= 0.3 is 0 Å².